The maximum absolute atomic E-state index is 11.9. The standard InChI is InChI=1S/C38H51NO/c1-7-28-13-15-29(16-14-28)25-39(36(40)32-19-17-31(18-20-32)30-11-9-8-10-12-30)26-33-24-35-34(23-27(33)2)37(3,4)21-22-38(35,5)6/h8-12,17-20,23-24,28-29,36,40H,7,13-16,21-22,25-26H2,1-6H3. The van der Waals surface area contributed by atoms with Crippen molar-refractivity contribution in [3.8, 4) is 11.1 Å². The average molecular weight is 538 g/mol. The summed E-state index contributed by atoms with van der Waals surface area (Å²) in [6, 6.07) is 24.0. The molecule has 214 valence electrons. The van der Waals surface area contributed by atoms with Gasteiger partial charge in [-0.05, 0) is 94.2 Å². The van der Waals surface area contributed by atoms with Gasteiger partial charge in [0.2, 0.25) is 0 Å². The van der Waals surface area contributed by atoms with Gasteiger partial charge in [0.15, 0.2) is 0 Å². The van der Waals surface area contributed by atoms with E-state index in [-0.39, 0.29) is 10.8 Å². The van der Waals surface area contributed by atoms with Gasteiger partial charge in [0.1, 0.15) is 6.23 Å². The predicted octanol–water partition coefficient (Wildman–Crippen LogP) is 9.72. The van der Waals surface area contributed by atoms with E-state index in [9.17, 15) is 5.11 Å². The van der Waals surface area contributed by atoms with Gasteiger partial charge in [-0.25, -0.2) is 0 Å². The van der Waals surface area contributed by atoms with Crippen LogP contribution in [0.4, 0.5) is 0 Å². The first-order chi connectivity index (χ1) is 19.1. The van der Waals surface area contributed by atoms with Gasteiger partial charge in [-0.15, -0.1) is 0 Å². The number of benzene rings is 3. The molecule has 0 spiro atoms. The average Bonchev–Trinajstić information content (AvgIpc) is 2.96. The van der Waals surface area contributed by atoms with Crippen LogP contribution in [-0.2, 0) is 17.4 Å². The van der Waals surface area contributed by atoms with Crippen LogP contribution in [0.2, 0.25) is 0 Å². The van der Waals surface area contributed by atoms with Gasteiger partial charge >= 0.3 is 0 Å². The Balaban J connectivity index is 1.44. The van der Waals surface area contributed by atoms with Crippen LogP contribution in [0.3, 0.4) is 0 Å². The normalized spacial score (nSPS) is 22.6. The van der Waals surface area contributed by atoms with E-state index in [1.54, 1.807) is 0 Å². The fourth-order valence-electron chi connectivity index (χ4n) is 7.25. The second kappa shape index (κ2) is 11.8. The largest absolute Gasteiger partial charge is 0.374 e. The van der Waals surface area contributed by atoms with E-state index in [0.717, 1.165) is 24.6 Å². The highest BCUT2D eigenvalue weighted by molar-refractivity contribution is 5.63. The Morgan fingerprint density at radius 1 is 0.775 bits per heavy atom. The molecule has 0 radical (unpaired) electrons. The topological polar surface area (TPSA) is 23.5 Å². The van der Waals surface area contributed by atoms with Crippen molar-refractivity contribution in [3.63, 3.8) is 0 Å². The van der Waals surface area contributed by atoms with Gasteiger partial charge in [0, 0.05) is 13.1 Å². The Morgan fingerprint density at radius 3 is 1.93 bits per heavy atom. The quantitative estimate of drug-likeness (QED) is 0.289. The highest BCUT2D eigenvalue weighted by Gasteiger charge is 2.37. The van der Waals surface area contributed by atoms with Crippen molar-refractivity contribution in [2.75, 3.05) is 6.54 Å². The summed E-state index contributed by atoms with van der Waals surface area (Å²) < 4.78 is 0. The van der Waals surface area contributed by atoms with E-state index in [4.69, 9.17) is 0 Å². The summed E-state index contributed by atoms with van der Waals surface area (Å²) in [5.41, 5.74) is 9.54. The van der Waals surface area contributed by atoms with Crippen LogP contribution in [-0.4, -0.2) is 16.6 Å². The number of aryl methyl sites for hydroxylation is 1. The van der Waals surface area contributed by atoms with Gasteiger partial charge in [-0.2, -0.15) is 0 Å². The first kappa shape index (κ1) is 29.1. The SMILES string of the molecule is CCC1CCC(CN(Cc2cc3c(cc2C)C(C)(C)CCC3(C)C)C(O)c2ccc(-c3ccccc3)cc2)CC1. The molecule has 0 aromatic heterocycles. The van der Waals surface area contributed by atoms with Gasteiger partial charge in [-0.1, -0.05) is 121 Å². The molecular formula is C38H51NO. The lowest BCUT2D eigenvalue weighted by molar-refractivity contribution is -0.0192. The number of aliphatic hydroxyl groups is 1. The Hall–Kier alpha value is -2.42. The molecule has 3 aromatic carbocycles. The zero-order valence-electron chi connectivity index (χ0n) is 25.8. The van der Waals surface area contributed by atoms with E-state index in [0.29, 0.717) is 5.92 Å². The van der Waals surface area contributed by atoms with E-state index in [1.807, 2.05) is 0 Å². The number of nitrogens with zero attached hydrogens (tertiary/aromatic N) is 1. The van der Waals surface area contributed by atoms with E-state index in [1.165, 1.54) is 78.3 Å². The zero-order chi connectivity index (χ0) is 28.5. The molecule has 0 heterocycles. The van der Waals surface area contributed by atoms with Crippen LogP contribution in [0, 0.1) is 18.8 Å². The Kier molecular flexibility index (Phi) is 8.60. The smallest absolute Gasteiger partial charge is 0.133 e. The summed E-state index contributed by atoms with van der Waals surface area (Å²) in [4.78, 5) is 2.37. The molecule has 0 amide bonds. The fourth-order valence-corrected chi connectivity index (χ4v) is 7.25. The summed E-state index contributed by atoms with van der Waals surface area (Å²) in [6.45, 7) is 16.0. The molecule has 1 N–H and O–H groups in total. The summed E-state index contributed by atoms with van der Waals surface area (Å²) in [7, 11) is 0. The lowest BCUT2D eigenvalue weighted by Crippen LogP contribution is -2.36. The van der Waals surface area contributed by atoms with E-state index in [2.05, 4.69) is 113 Å². The highest BCUT2D eigenvalue weighted by atomic mass is 16.3. The van der Waals surface area contributed by atoms with E-state index >= 15 is 0 Å². The second-order valence-electron chi connectivity index (χ2n) is 14.2. The number of fused-ring (bicyclic) bond motifs is 1. The van der Waals surface area contributed by atoms with Crippen molar-refractivity contribution in [3.05, 3.63) is 94.5 Å². The summed E-state index contributed by atoms with van der Waals surface area (Å²) in [5.74, 6) is 1.53. The highest BCUT2D eigenvalue weighted by Crippen LogP contribution is 2.47. The molecule has 2 heteroatoms. The van der Waals surface area contributed by atoms with Crippen molar-refractivity contribution in [1.29, 1.82) is 0 Å². The third-order valence-electron chi connectivity index (χ3n) is 10.4. The van der Waals surface area contributed by atoms with Crippen molar-refractivity contribution in [2.45, 2.75) is 110 Å². The first-order valence-corrected chi connectivity index (χ1v) is 15.8. The van der Waals surface area contributed by atoms with Crippen LogP contribution in [0.15, 0.2) is 66.7 Å². The molecule has 0 bridgehead atoms. The molecule has 2 aliphatic carbocycles. The van der Waals surface area contributed by atoms with E-state index < -0.39 is 6.23 Å². The lowest BCUT2D eigenvalue weighted by Gasteiger charge is -2.43. The Morgan fingerprint density at radius 2 is 1.32 bits per heavy atom. The van der Waals surface area contributed by atoms with Crippen molar-refractivity contribution >= 4 is 0 Å². The number of hydrogen-bond donors (Lipinski definition) is 1. The minimum atomic E-state index is -0.617. The molecular weight excluding hydrogens is 486 g/mol. The molecule has 5 rings (SSSR count). The monoisotopic (exact) mass is 537 g/mol. The van der Waals surface area contributed by atoms with Gasteiger partial charge in [0.05, 0.1) is 0 Å². The van der Waals surface area contributed by atoms with Crippen molar-refractivity contribution in [1.82, 2.24) is 4.90 Å². The molecule has 1 saturated carbocycles. The molecule has 1 atom stereocenters. The molecule has 0 saturated heterocycles. The molecule has 3 aromatic rings. The number of hydrogen-bond acceptors (Lipinski definition) is 2. The molecule has 2 aliphatic rings. The first-order valence-electron chi connectivity index (χ1n) is 15.8. The Labute approximate surface area is 243 Å². The molecule has 1 fully saturated rings. The van der Waals surface area contributed by atoms with Crippen molar-refractivity contribution < 1.29 is 5.11 Å². The molecule has 2 nitrogen and oxygen atoms in total. The van der Waals surface area contributed by atoms with Crippen LogP contribution in [0.5, 0.6) is 0 Å². The number of rotatable bonds is 8. The second-order valence-corrected chi connectivity index (χ2v) is 14.2. The third-order valence-corrected chi connectivity index (χ3v) is 10.4. The maximum atomic E-state index is 11.9. The summed E-state index contributed by atoms with van der Waals surface area (Å²) in [5, 5.41) is 11.9. The zero-order valence-corrected chi connectivity index (χ0v) is 25.8. The minimum absolute atomic E-state index is 0.183. The number of aliphatic hydroxyl groups excluding tert-OH is 1. The maximum Gasteiger partial charge on any atom is 0.133 e. The van der Waals surface area contributed by atoms with Crippen molar-refractivity contribution in [2.24, 2.45) is 11.8 Å². The van der Waals surface area contributed by atoms with Gasteiger partial charge in [0.25, 0.3) is 0 Å². The molecule has 1 unspecified atom stereocenters. The third kappa shape index (κ3) is 6.24. The Bertz CT molecular complexity index is 1260. The summed E-state index contributed by atoms with van der Waals surface area (Å²) in [6.07, 6.45) is 8.35. The van der Waals surface area contributed by atoms with Gasteiger partial charge in [-0.3, -0.25) is 4.90 Å². The predicted molar refractivity (Wildman–Crippen MR) is 169 cm³/mol. The van der Waals surface area contributed by atoms with Crippen LogP contribution in [0.25, 0.3) is 11.1 Å². The van der Waals surface area contributed by atoms with Gasteiger partial charge < -0.3 is 5.11 Å². The molecule has 0 aliphatic heterocycles. The fraction of sp³-hybridized carbons (Fsp3) is 0.526. The van der Waals surface area contributed by atoms with Crippen LogP contribution < -0.4 is 0 Å². The molecule has 40 heavy (non-hydrogen) atoms. The van der Waals surface area contributed by atoms with Crippen LogP contribution in [0.1, 0.15) is 114 Å². The van der Waals surface area contributed by atoms with Crippen LogP contribution >= 0.6 is 0 Å². The minimum Gasteiger partial charge on any atom is -0.374 e. The lowest BCUT2D eigenvalue weighted by atomic mass is 9.62. The summed E-state index contributed by atoms with van der Waals surface area (Å²) >= 11 is 0.